The summed E-state index contributed by atoms with van der Waals surface area (Å²) in [4.78, 5) is 22.1. The van der Waals surface area contributed by atoms with E-state index in [9.17, 15) is 4.79 Å². The molecule has 7 heteroatoms. The third-order valence-corrected chi connectivity index (χ3v) is 4.44. The molecular formula is C19H21ClN4O2. The molecule has 0 unspecified atom stereocenters. The van der Waals surface area contributed by atoms with Crippen molar-refractivity contribution in [1.82, 2.24) is 14.9 Å². The lowest BCUT2D eigenvalue weighted by Crippen LogP contribution is -2.30. The summed E-state index contributed by atoms with van der Waals surface area (Å²) in [5.74, 6) is 0.558. The van der Waals surface area contributed by atoms with E-state index in [2.05, 4.69) is 15.3 Å². The maximum absolute atomic E-state index is 12.8. The van der Waals surface area contributed by atoms with Crippen LogP contribution in [0.5, 0.6) is 0 Å². The van der Waals surface area contributed by atoms with E-state index in [4.69, 9.17) is 16.3 Å². The van der Waals surface area contributed by atoms with Crippen LogP contribution in [0.1, 0.15) is 15.9 Å². The predicted octanol–water partition coefficient (Wildman–Crippen LogP) is 3.99. The molecule has 0 atom stereocenters. The van der Waals surface area contributed by atoms with Crippen molar-refractivity contribution >= 4 is 39.9 Å². The number of carbonyl (C=O) groups excluding carboxylic acids is 1. The Kier molecular flexibility index (Phi) is 5.44. The summed E-state index contributed by atoms with van der Waals surface area (Å²) in [6.07, 6.45) is 3.49. The highest BCUT2D eigenvalue weighted by molar-refractivity contribution is 6.30. The Balaban J connectivity index is 1.98. The highest BCUT2D eigenvalue weighted by atomic mass is 35.5. The van der Waals surface area contributed by atoms with Gasteiger partial charge in [0.15, 0.2) is 5.82 Å². The summed E-state index contributed by atoms with van der Waals surface area (Å²) in [7, 11) is 3.37. The zero-order chi connectivity index (χ0) is 18.7. The van der Waals surface area contributed by atoms with Crippen LogP contribution >= 0.6 is 11.6 Å². The minimum atomic E-state index is -0.0865. The summed E-state index contributed by atoms with van der Waals surface area (Å²) in [6, 6.07) is 7.41. The number of nitrogens with zero attached hydrogens (tertiary/aromatic N) is 2. The lowest BCUT2D eigenvalue weighted by molar-refractivity contribution is 0.0746. The number of aromatic nitrogens is 2. The molecule has 0 aliphatic heterocycles. The van der Waals surface area contributed by atoms with E-state index in [-0.39, 0.29) is 5.91 Å². The molecule has 0 spiro atoms. The maximum Gasteiger partial charge on any atom is 0.255 e. The van der Waals surface area contributed by atoms with Gasteiger partial charge in [0.1, 0.15) is 0 Å². The minimum Gasteiger partial charge on any atom is -0.383 e. The van der Waals surface area contributed by atoms with Crippen molar-refractivity contribution in [3.05, 3.63) is 52.8 Å². The number of hydrogen-bond donors (Lipinski definition) is 2. The quantitative estimate of drug-likeness (QED) is 0.686. The van der Waals surface area contributed by atoms with Gasteiger partial charge in [-0.25, -0.2) is 4.98 Å². The number of H-pyrrole nitrogens is 1. The van der Waals surface area contributed by atoms with Gasteiger partial charge in [-0.05, 0) is 30.7 Å². The van der Waals surface area contributed by atoms with Crippen LogP contribution in [0, 0.1) is 6.92 Å². The van der Waals surface area contributed by atoms with Crippen LogP contribution in [0.3, 0.4) is 0 Å². The Bertz CT molecular complexity index is 938. The second-order valence-electron chi connectivity index (χ2n) is 6.10. The largest absolute Gasteiger partial charge is 0.383 e. The average Bonchev–Trinajstić information content (AvgIpc) is 3.02. The first-order valence-electron chi connectivity index (χ1n) is 8.25. The van der Waals surface area contributed by atoms with Gasteiger partial charge < -0.3 is 19.9 Å². The highest BCUT2D eigenvalue weighted by Crippen LogP contribution is 2.30. The smallest absolute Gasteiger partial charge is 0.255 e. The number of anilines is 2. The van der Waals surface area contributed by atoms with Gasteiger partial charge in [0.05, 0.1) is 17.7 Å². The zero-order valence-corrected chi connectivity index (χ0v) is 15.7. The third kappa shape index (κ3) is 3.66. The maximum atomic E-state index is 12.8. The highest BCUT2D eigenvalue weighted by Gasteiger charge is 2.19. The van der Waals surface area contributed by atoms with Crippen LogP contribution in [-0.2, 0) is 4.74 Å². The molecule has 0 radical (unpaired) electrons. The Hall–Kier alpha value is -2.57. The second kappa shape index (κ2) is 7.76. The van der Waals surface area contributed by atoms with Gasteiger partial charge in [0, 0.05) is 49.2 Å². The van der Waals surface area contributed by atoms with Crippen LogP contribution in [0.4, 0.5) is 11.5 Å². The first kappa shape index (κ1) is 18.2. The molecule has 6 nitrogen and oxygen atoms in total. The average molecular weight is 373 g/mol. The van der Waals surface area contributed by atoms with Gasteiger partial charge in [-0.1, -0.05) is 17.7 Å². The number of halogens is 1. The first-order chi connectivity index (χ1) is 12.5. The molecule has 0 bridgehead atoms. The fourth-order valence-electron chi connectivity index (χ4n) is 2.81. The molecule has 0 saturated heterocycles. The molecule has 136 valence electrons. The number of likely N-dealkylation sites (N-methyl/N-ethyl adjacent to an activating group) is 1. The molecule has 26 heavy (non-hydrogen) atoms. The number of carbonyl (C=O) groups is 1. The fourth-order valence-corrected chi connectivity index (χ4v) is 3.00. The van der Waals surface area contributed by atoms with Crippen LogP contribution in [0.15, 0.2) is 36.7 Å². The van der Waals surface area contributed by atoms with Gasteiger partial charge >= 0.3 is 0 Å². The lowest BCUT2D eigenvalue weighted by Gasteiger charge is -2.18. The van der Waals surface area contributed by atoms with E-state index in [1.165, 1.54) is 0 Å². The molecule has 2 aromatic heterocycles. The molecule has 0 saturated carbocycles. The van der Waals surface area contributed by atoms with Crippen LogP contribution in [0.2, 0.25) is 5.02 Å². The summed E-state index contributed by atoms with van der Waals surface area (Å²) < 4.78 is 5.05. The SMILES string of the molecule is COCCN(C)C(=O)c1cnc(Nc2cccc(Cl)c2)c2[nH]cc(C)c12. The van der Waals surface area contributed by atoms with Crippen molar-refractivity contribution in [2.24, 2.45) is 0 Å². The van der Waals surface area contributed by atoms with Crippen LogP contribution < -0.4 is 5.32 Å². The first-order valence-corrected chi connectivity index (χ1v) is 8.62. The molecule has 3 aromatic rings. The van der Waals surface area contributed by atoms with E-state index in [1.807, 2.05) is 37.4 Å². The van der Waals surface area contributed by atoms with Crippen molar-refractivity contribution in [1.29, 1.82) is 0 Å². The second-order valence-corrected chi connectivity index (χ2v) is 6.53. The number of aromatic amines is 1. The summed E-state index contributed by atoms with van der Waals surface area (Å²) in [5.41, 5.74) is 3.16. The Morgan fingerprint density at radius 1 is 1.42 bits per heavy atom. The summed E-state index contributed by atoms with van der Waals surface area (Å²) in [6.45, 7) is 2.97. The molecule has 0 aliphatic carbocycles. The molecule has 0 aliphatic rings. The van der Waals surface area contributed by atoms with E-state index in [0.717, 1.165) is 22.2 Å². The van der Waals surface area contributed by atoms with Crippen LogP contribution in [0.25, 0.3) is 10.9 Å². The Morgan fingerprint density at radius 3 is 2.96 bits per heavy atom. The summed E-state index contributed by atoms with van der Waals surface area (Å²) in [5, 5.41) is 4.76. The van der Waals surface area contributed by atoms with E-state index in [0.29, 0.717) is 29.6 Å². The van der Waals surface area contributed by atoms with E-state index < -0.39 is 0 Å². The molecule has 1 aromatic carbocycles. The van der Waals surface area contributed by atoms with Crippen molar-refractivity contribution in [2.45, 2.75) is 6.92 Å². The van der Waals surface area contributed by atoms with Crippen LogP contribution in [-0.4, -0.2) is 48.1 Å². The monoisotopic (exact) mass is 372 g/mol. The van der Waals surface area contributed by atoms with Gasteiger partial charge in [0.25, 0.3) is 5.91 Å². The number of methoxy groups -OCH3 is 1. The number of fused-ring (bicyclic) bond motifs is 1. The normalized spacial score (nSPS) is 10.9. The number of hydrogen-bond acceptors (Lipinski definition) is 4. The number of benzene rings is 1. The Labute approximate surface area is 157 Å². The number of amides is 1. The minimum absolute atomic E-state index is 0.0865. The number of aryl methyl sites for hydroxylation is 1. The third-order valence-electron chi connectivity index (χ3n) is 4.20. The number of rotatable bonds is 6. The standard InChI is InChI=1S/C19H21ClN4O2/c1-12-10-21-17-16(12)15(19(25)24(2)7-8-26-3)11-22-18(17)23-14-6-4-5-13(20)9-14/h4-6,9-11,21H,7-8H2,1-3H3,(H,22,23). The van der Waals surface area contributed by atoms with Crippen molar-refractivity contribution in [3.8, 4) is 0 Å². The zero-order valence-electron chi connectivity index (χ0n) is 15.0. The van der Waals surface area contributed by atoms with Crippen molar-refractivity contribution in [3.63, 3.8) is 0 Å². The Morgan fingerprint density at radius 2 is 2.23 bits per heavy atom. The van der Waals surface area contributed by atoms with Gasteiger partial charge in [-0.2, -0.15) is 0 Å². The van der Waals surface area contributed by atoms with Crippen molar-refractivity contribution in [2.75, 3.05) is 32.6 Å². The van der Waals surface area contributed by atoms with Crippen molar-refractivity contribution < 1.29 is 9.53 Å². The van der Waals surface area contributed by atoms with Gasteiger partial charge in [-0.3, -0.25) is 4.79 Å². The van der Waals surface area contributed by atoms with Gasteiger partial charge in [-0.15, -0.1) is 0 Å². The number of nitrogens with one attached hydrogen (secondary N) is 2. The molecule has 0 fully saturated rings. The number of ether oxygens (including phenoxy) is 1. The molecular weight excluding hydrogens is 352 g/mol. The molecule has 2 heterocycles. The predicted molar refractivity (Wildman–Crippen MR) is 104 cm³/mol. The fraction of sp³-hybridized carbons (Fsp3) is 0.263. The molecule has 3 rings (SSSR count). The topological polar surface area (TPSA) is 70.2 Å². The van der Waals surface area contributed by atoms with E-state index in [1.54, 1.807) is 25.3 Å². The molecule has 1 amide bonds. The molecule has 2 N–H and O–H groups in total. The van der Waals surface area contributed by atoms with E-state index >= 15 is 0 Å². The summed E-state index contributed by atoms with van der Waals surface area (Å²) >= 11 is 6.05. The number of pyridine rings is 1. The lowest BCUT2D eigenvalue weighted by atomic mass is 10.1. The van der Waals surface area contributed by atoms with Gasteiger partial charge in [0.2, 0.25) is 0 Å².